The average molecular weight is 365 g/mol. The first-order valence-electron chi connectivity index (χ1n) is 8.69. The van der Waals surface area contributed by atoms with Gasteiger partial charge < -0.3 is 18.8 Å². The molecule has 0 aliphatic carbocycles. The predicted octanol–water partition coefficient (Wildman–Crippen LogP) is 3.38. The van der Waals surface area contributed by atoms with Gasteiger partial charge in [0.05, 0.1) is 31.2 Å². The number of hydrogen-bond donors (Lipinski definition) is 0. The second-order valence-electron chi connectivity index (χ2n) is 6.28. The summed E-state index contributed by atoms with van der Waals surface area (Å²) in [5.74, 6) is 0.951. The van der Waals surface area contributed by atoms with E-state index in [4.69, 9.17) is 13.9 Å². The first-order valence-corrected chi connectivity index (χ1v) is 8.69. The van der Waals surface area contributed by atoms with Crippen molar-refractivity contribution < 1.29 is 18.7 Å². The Morgan fingerprint density at radius 1 is 1.04 bits per heavy atom. The Labute approximate surface area is 155 Å². The van der Waals surface area contributed by atoms with Crippen LogP contribution >= 0.6 is 0 Å². The quantitative estimate of drug-likeness (QED) is 0.709. The van der Waals surface area contributed by atoms with Gasteiger partial charge in [-0.05, 0) is 36.8 Å². The van der Waals surface area contributed by atoms with E-state index < -0.39 is 6.04 Å². The Morgan fingerprint density at radius 2 is 1.78 bits per heavy atom. The number of methoxy groups -OCH3 is 2. The van der Waals surface area contributed by atoms with E-state index in [-0.39, 0.29) is 17.1 Å². The highest BCUT2D eigenvalue weighted by atomic mass is 16.5. The predicted molar refractivity (Wildman–Crippen MR) is 101 cm³/mol. The lowest BCUT2D eigenvalue weighted by atomic mass is 9.98. The summed E-state index contributed by atoms with van der Waals surface area (Å²) in [6.45, 7) is 2.32. The van der Waals surface area contributed by atoms with Crippen molar-refractivity contribution in [3.63, 3.8) is 0 Å². The summed E-state index contributed by atoms with van der Waals surface area (Å²) in [4.78, 5) is 27.8. The zero-order valence-electron chi connectivity index (χ0n) is 15.3. The minimum absolute atomic E-state index is 0.111. The fourth-order valence-corrected chi connectivity index (χ4v) is 3.66. The largest absolute Gasteiger partial charge is 0.493 e. The number of rotatable bonds is 4. The molecule has 2 aromatic carbocycles. The third kappa shape index (κ3) is 2.48. The van der Waals surface area contributed by atoms with Crippen molar-refractivity contribution in [3.05, 3.63) is 69.6 Å². The Hall–Kier alpha value is -3.28. The Kier molecular flexibility index (Phi) is 4.11. The first kappa shape index (κ1) is 17.1. The molecule has 0 bridgehead atoms. The fourth-order valence-electron chi connectivity index (χ4n) is 3.66. The van der Waals surface area contributed by atoms with E-state index in [1.165, 1.54) is 0 Å². The number of para-hydroxylation sites is 1. The molecule has 1 aliphatic rings. The van der Waals surface area contributed by atoms with E-state index in [0.717, 1.165) is 5.56 Å². The SMILES string of the molecule is CCN1C(=O)c2oc3ccccc3c(=O)c2[C@H]1c1ccc(OC)c(OC)c1. The molecule has 3 aromatic rings. The van der Waals surface area contributed by atoms with Crippen LogP contribution in [0.2, 0.25) is 0 Å². The lowest BCUT2D eigenvalue weighted by molar-refractivity contribution is 0.0737. The van der Waals surface area contributed by atoms with Gasteiger partial charge in [-0.2, -0.15) is 0 Å². The van der Waals surface area contributed by atoms with Crippen LogP contribution in [-0.2, 0) is 0 Å². The van der Waals surface area contributed by atoms with Crippen molar-refractivity contribution in [1.82, 2.24) is 4.90 Å². The maximum Gasteiger partial charge on any atom is 0.290 e. The minimum Gasteiger partial charge on any atom is -0.493 e. The Morgan fingerprint density at radius 3 is 2.48 bits per heavy atom. The van der Waals surface area contributed by atoms with Gasteiger partial charge in [0.1, 0.15) is 5.58 Å². The molecule has 0 fully saturated rings. The van der Waals surface area contributed by atoms with Crippen molar-refractivity contribution >= 4 is 16.9 Å². The van der Waals surface area contributed by atoms with Crippen LogP contribution < -0.4 is 14.9 Å². The zero-order chi connectivity index (χ0) is 19.1. The Bertz CT molecular complexity index is 1100. The number of fused-ring (bicyclic) bond motifs is 2. The highest BCUT2D eigenvalue weighted by Crippen LogP contribution is 2.40. The molecule has 0 saturated heterocycles. The van der Waals surface area contributed by atoms with Crippen LogP contribution in [0.25, 0.3) is 11.0 Å². The van der Waals surface area contributed by atoms with Crippen molar-refractivity contribution in [2.45, 2.75) is 13.0 Å². The maximum atomic E-state index is 13.2. The standard InChI is InChI=1S/C21H19NO5/c1-4-22-18(12-9-10-15(25-2)16(11-12)26-3)17-19(23)13-7-5-6-8-14(13)27-20(17)21(22)24/h5-11,18H,4H2,1-3H3/t18-/m1/s1. The van der Waals surface area contributed by atoms with Crippen LogP contribution in [0.5, 0.6) is 11.5 Å². The number of carbonyl (C=O) groups excluding carboxylic acids is 1. The summed E-state index contributed by atoms with van der Waals surface area (Å²) >= 11 is 0. The van der Waals surface area contributed by atoms with Gasteiger partial charge >= 0.3 is 0 Å². The molecular weight excluding hydrogens is 346 g/mol. The minimum atomic E-state index is -0.529. The van der Waals surface area contributed by atoms with Gasteiger partial charge in [0.2, 0.25) is 5.76 Å². The van der Waals surface area contributed by atoms with Gasteiger partial charge in [-0.3, -0.25) is 9.59 Å². The van der Waals surface area contributed by atoms with E-state index in [0.29, 0.717) is 34.6 Å². The molecule has 1 atom stereocenters. The first-order chi connectivity index (χ1) is 13.1. The Balaban J connectivity index is 1.98. The molecule has 1 aliphatic heterocycles. The molecule has 0 saturated carbocycles. The topological polar surface area (TPSA) is 69.0 Å². The summed E-state index contributed by atoms with van der Waals surface area (Å²) in [5.41, 5.74) is 1.37. The van der Waals surface area contributed by atoms with Crippen LogP contribution in [-0.4, -0.2) is 31.6 Å². The van der Waals surface area contributed by atoms with Gasteiger partial charge in [0.15, 0.2) is 16.9 Å². The molecule has 1 aromatic heterocycles. The fraction of sp³-hybridized carbons (Fsp3) is 0.238. The maximum absolute atomic E-state index is 13.2. The molecule has 0 spiro atoms. The number of carbonyl (C=O) groups is 1. The summed E-state index contributed by atoms with van der Waals surface area (Å²) in [6, 6.07) is 11.8. The van der Waals surface area contributed by atoms with Gasteiger partial charge in [-0.15, -0.1) is 0 Å². The van der Waals surface area contributed by atoms with Crippen LogP contribution in [0.4, 0.5) is 0 Å². The number of hydrogen-bond acceptors (Lipinski definition) is 5. The lowest BCUT2D eigenvalue weighted by Gasteiger charge is -2.24. The van der Waals surface area contributed by atoms with Gasteiger partial charge in [0.25, 0.3) is 5.91 Å². The molecule has 4 rings (SSSR count). The lowest BCUT2D eigenvalue weighted by Crippen LogP contribution is -2.29. The number of ether oxygens (including phenoxy) is 2. The van der Waals surface area contributed by atoms with Crippen LogP contribution in [0, 0.1) is 0 Å². The normalized spacial score (nSPS) is 15.9. The van der Waals surface area contributed by atoms with Crippen LogP contribution in [0.15, 0.2) is 51.7 Å². The van der Waals surface area contributed by atoms with Crippen molar-refractivity contribution in [2.24, 2.45) is 0 Å². The smallest absolute Gasteiger partial charge is 0.290 e. The second kappa shape index (κ2) is 6.46. The summed E-state index contributed by atoms with van der Waals surface area (Å²) in [7, 11) is 3.11. The summed E-state index contributed by atoms with van der Waals surface area (Å²) in [6.07, 6.45) is 0. The monoisotopic (exact) mass is 365 g/mol. The third-order valence-electron chi connectivity index (χ3n) is 4.94. The second-order valence-corrected chi connectivity index (χ2v) is 6.28. The number of amides is 1. The van der Waals surface area contributed by atoms with Gasteiger partial charge in [-0.1, -0.05) is 18.2 Å². The molecule has 0 N–H and O–H groups in total. The molecule has 138 valence electrons. The molecule has 2 heterocycles. The summed E-state index contributed by atoms with van der Waals surface area (Å²) < 4.78 is 16.5. The van der Waals surface area contributed by atoms with Crippen molar-refractivity contribution in [1.29, 1.82) is 0 Å². The molecular formula is C21H19NO5. The van der Waals surface area contributed by atoms with E-state index in [1.54, 1.807) is 55.5 Å². The summed E-state index contributed by atoms with van der Waals surface area (Å²) in [5, 5.41) is 0.465. The van der Waals surface area contributed by atoms with Crippen molar-refractivity contribution in [3.8, 4) is 11.5 Å². The van der Waals surface area contributed by atoms with Crippen molar-refractivity contribution in [2.75, 3.05) is 20.8 Å². The molecule has 27 heavy (non-hydrogen) atoms. The molecule has 0 unspecified atom stereocenters. The number of nitrogens with zero attached hydrogens (tertiary/aromatic N) is 1. The van der Waals surface area contributed by atoms with E-state index in [2.05, 4.69) is 0 Å². The third-order valence-corrected chi connectivity index (χ3v) is 4.94. The van der Waals surface area contributed by atoms with E-state index >= 15 is 0 Å². The molecule has 6 heteroatoms. The molecule has 0 radical (unpaired) electrons. The van der Waals surface area contributed by atoms with Crippen LogP contribution in [0.3, 0.4) is 0 Å². The number of benzene rings is 2. The highest BCUT2D eigenvalue weighted by molar-refractivity contribution is 5.99. The van der Waals surface area contributed by atoms with Crippen LogP contribution in [0.1, 0.15) is 34.6 Å². The van der Waals surface area contributed by atoms with Gasteiger partial charge in [0, 0.05) is 6.54 Å². The zero-order valence-corrected chi connectivity index (χ0v) is 15.3. The van der Waals surface area contributed by atoms with Gasteiger partial charge in [-0.25, -0.2) is 0 Å². The molecule has 1 amide bonds. The highest BCUT2D eigenvalue weighted by Gasteiger charge is 2.42. The van der Waals surface area contributed by atoms with E-state index in [1.807, 2.05) is 13.0 Å². The average Bonchev–Trinajstić information content (AvgIpc) is 2.99. The molecule has 6 nitrogen and oxygen atoms in total. The van der Waals surface area contributed by atoms with E-state index in [9.17, 15) is 9.59 Å².